The van der Waals surface area contributed by atoms with E-state index in [1.165, 1.54) is 0 Å². The van der Waals surface area contributed by atoms with Crippen molar-refractivity contribution >= 4 is 60.4 Å². The molecular formula is C24H38O12Sn. The molecule has 37 heavy (non-hydrogen) atoms. The Hall–Kier alpha value is -2.06. The van der Waals surface area contributed by atoms with Gasteiger partial charge >= 0.3 is 23.9 Å². The molecule has 2 N–H and O–H groups in total. The maximum atomic E-state index is 10.0. The fraction of sp³-hybridized carbons (Fsp3) is 0.750. The summed E-state index contributed by atoms with van der Waals surface area (Å²) in [5.74, 6) is -3.99. The van der Waals surface area contributed by atoms with Gasteiger partial charge in [0.15, 0.2) is 12.6 Å². The first-order valence-electron chi connectivity index (χ1n) is 12.0. The Labute approximate surface area is 234 Å². The third-order valence-corrected chi connectivity index (χ3v) is 4.65. The number of unbranched alkanes of at least 4 members (excludes halogenated alkanes) is 10. The Morgan fingerprint density at radius 2 is 0.622 bits per heavy atom. The molecule has 0 rings (SSSR count). The summed E-state index contributed by atoms with van der Waals surface area (Å²) in [5.41, 5.74) is 0. The smallest absolute Gasteiger partial charge is 0.550 e. The number of hydrogen-bond acceptors (Lipinski definition) is 12. The molecule has 210 valence electrons. The number of carbonyl (C=O) groups excluding carboxylic acids is 6. The van der Waals surface area contributed by atoms with Crippen LogP contribution >= 0.6 is 0 Å². The Kier molecular flexibility index (Phi) is 36.3. The molecule has 13 heteroatoms. The average molecular weight is 637 g/mol. The molecule has 0 spiro atoms. The molecule has 0 aromatic carbocycles. The molecule has 0 heterocycles. The molecule has 0 radical (unpaired) electrons. The normalized spacial score (nSPS) is 11.2. The van der Waals surface area contributed by atoms with E-state index in [9.17, 15) is 49.2 Å². The van der Waals surface area contributed by atoms with Crippen molar-refractivity contribution in [3.05, 3.63) is 0 Å². The summed E-state index contributed by atoms with van der Waals surface area (Å²) in [4.78, 5) is 59.2. The summed E-state index contributed by atoms with van der Waals surface area (Å²) in [5, 5.41) is 56.7. The van der Waals surface area contributed by atoms with Crippen LogP contribution in [-0.4, -0.2) is 82.8 Å². The standard InChI is InChI=1S/2C10H18O4.C4H6O4.Sn/c2*11-9(12)7-5-3-1-2-4-6-8-10(13)14;5-1-3(7)4(8)2-6;/h2*1-8H2,(H,11,12)(H,13,14);1-4,7-8H;/q;;;+4/p-4. The van der Waals surface area contributed by atoms with Crippen molar-refractivity contribution in [3.8, 4) is 0 Å². The molecule has 0 saturated heterocycles. The summed E-state index contributed by atoms with van der Waals surface area (Å²) >= 11 is 0. The summed E-state index contributed by atoms with van der Waals surface area (Å²) < 4.78 is 0. The molecule has 0 aliphatic heterocycles. The molecule has 0 bridgehead atoms. The van der Waals surface area contributed by atoms with Crippen molar-refractivity contribution in [2.24, 2.45) is 0 Å². The van der Waals surface area contributed by atoms with Crippen LogP contribution < -0.4 is 20.4 Å². The van der Waals surface area contributed by atoms with Crippen LogP contribution in [0.15, 0.2) is 0 Å². The van der Waals surface area contributed by atoms with Gasteiger partial charge < -0.3 is 59.4 Å². The van der Waals surface area contributed by atoms with Crippen LogP contribution in [0.3, 0.4) is 0 Å². The van der Waals surface area contributed by atoms with Gasteiger partial charge in [-0.3, -0.25) is 0 Å². The first kappa shape index (κ1) is 42.0. The SMILES string of the molecule is O=C([O-])CCCCCCCCC(=O)[O-].O=C([O-])CCCCCCCCC(=O)[O-].O=CC(O)C(O)C=O.[Sn+4]. The quantitative estimate of drug-likeness (QED) is 0.0725. The predicted molar refractivity (Wildman–Crippen MR) is 124 cm³/mol. The van der Waals surface area contributed by atoms with E-state index in [1.807, 2.05) is 0 Å². The second kappa shape index (κ2) is 32.0. The van der Waals surface area contributed by atoms with E-state index in [2.05, 4.69) is 0 Å². The summed E-state index contributed by atoms with van der Waals surface area (Å²) in [7, 11) is 0. The van der Waals surface area contributed by atoms with Gasteiger partial charge in [-0.1, -0.05) is 51.4 Å². The minimum atomic E-state index is -1.58. The van der Waals surface area contributed by atoms with Gasteiger partial charge in [0.2, 0.25) is 0 Å². The number of hydrogen-bond donors (Lipinski definition) is 2. The monoisotopic (exact) mass is 638 g/mol. The van der Waals surface area contributed by atoms with Gasteiger partial charge in [0.1, 0.15) is 12.2 Å². The van der Waals surface area contributed by atoms with Gasteiger partial charge in [-0.15, -0.1) is 0 Å². The second-order valence-electron chi connectivity index (χ2n) is 7.98. The fourth-order valence-electron chi connectivity index (χ4n) is 2.65. The molecule has 2 atom stereocenters. The summed E-state index contributed by atoms with van der Waals surface area (Å²) in [6.07, 6.45) is 7.49. The van der Waals surface area contributed by atoms with Crippen LogP contribution in [0.5, 0.6) is 0 Å². The van der Waals surface area contributed by atoms with E-state index in [1.54, 1.807) is 0 Å². The second-order valence-corrected chi connectivity index (χ2v) is 7.98. The van der Waals surface area contributed by atoms with Gasteiger partial charge in [-0.05, 0) is 51.4 Å². The molecule has 0 aromatic heterocycles. The number of carboxylic acids is 4. The van der Waals surface area contributed by atoms with Crippen molar-refractivity contribution in [1.82, 2.24) is 0 Å². The van der Waals surface area contributed by atoms with Crippen molar-refractivity contribution in [1.29, 1.82) is 0 Å². The van der Waals surface area contributed by atoms with Crippen LogP contribution in [-0.2, 0) is 28.8 Å². The first-order valence-corrected chi connectivity index (χ1v) is 12.0. The zero-order valence-electron chi connectivity index (χ0n) is 21.1. The molecule has 0 aromatic rings. The van der Waals surface area contributed by atoms with Gasteiger partial charge in [0.05, 0.1) is 0 Å². The predicted octanol–water partition coefficient (Wildman–Crippen LogP) is -3.06. The molecule has 0 amide bonds. The fourth-order valence-corrected chi connectivity index (χ4v) is 2.65. The number of rotatable bonds is 21. The average Bonchev–Trinajstić information content (AvgIpc) is 2.81. The van der Waals surface area contributed by atoms with Crippen molar-refractivity contribution < 1.29 is 59.4 Å². The van der Waals surface area contributed by atoms with E-state index in [0.717, 1.165) is 51.4 Å². The number of aldehydes is 2. The van der Waals surface area contributed by atoms with Gasteiger partial charge in [-0.2, -0.15) is 0 Å². The summed E-state index contributed by atoms with van der Waals surface area (Å²) in [6, 6.07) is 0. The number of carboxylic acid groups (broad SMARTS) is 4. The zero-order chi connectivity index (χ0) is 28.2. The molecule has 0 aliphatic carbocycles. The Bertz CT molecular complexity index is 521. The van der Waals surface area contributed by atoms with E-state index in [0.29, 0.717) is 25.7 Å². The van der Waals surface area contributed by atoms with E-state index >= 15 is 0 Å². The molecule has 0 aliphatic rings. The number of carbonyl (C=O) groups is 6. The van der Waals surface area contributed by atoms with Crippen LogP contribution in [0.25, 0.3) is 0 Å². The molecule has 0 saturated carbocycles. The van der Waals surface area contributed by atoms with E-state index in [4.69, 9.17) is 10.2 Å². The van der Waals surface area contributed by atoms with Gasteiger partial charge in [-0.25, -0.2) is 0 Å². The van der Waals surface area contributed by atoms with Gasteiger partial charge in [0.25, 0.3) is 0 Å². The molecule has 2 unspecified atom stereocenters. The Balaban J connectivity index is -0.000000226. The molecular weight excluding hydrogens is 599 g/mol. The van der Waals surface area contributed by atoms with Gasteiger partial charge in [0, 0.05) is 23.9 Å². The van der Waals surface area contributed by atoms with Crippen molar-refractivity contribution in [3.63, 3.8) is 0 Å². The van der Waals surface area contributed by atoms with Crippen molar-refractivity contribution in [2.75, 3.05) is 0 Å². The number of aliphatic hydroxyl groups excluding tert-OH is 2. The number of aliphatic carboxylic acids is 4. The maximum Gasteiger partial charge on any atom is 4.00 e. The molecule has 12 nitrogen and oxygen atoms in total. The first-order chi connectivity index (χ1) is 17.0. The Morgan fingerprint density at radius 3 is 0.757 bits per heavy atom. The third-order valence-electron chi connectivity index (χ3n) is 4.65. The summed E-state index contributed by atoms with van der Waals surface area (Å²) in [6.45, 7) is 0. The van der Waals surface area contributed by atoms with Crippen LogP contribution in [0.2, 0.25) is 0 Å². The Morgan fingerprint density at radius 1 is 0.459 bits per heavy atom. The zero-order valence-corrected chi connectivity index (χ0v) is 24.0. The minimum absolute atomic E-state index is 0. The molecule has 0 fully saturated rings. The van der Waals surface area contributed by atoms with E-state index in [-0.39, 0.29) is 62.2 Å². The van der Waals surface area contributed by atoms with Crippen LogP contribution in [0.4, 0.5) is 0 Å². The maximum absolute atomic E-state index is 10.0. The topological polar surface area (TPSA) is 235 Å². The van der Waals surface area contributed by atoms with Crippen LogP contribution in [0, 0.1) is 0 Å². The van der Waals surface area contributed by atoms with E-state index < -0.39 is 36.1 Å². The minimum Gasteiger partial charge on any atom is -0.550 e. The third kappa shape index (κ3) is 44.4. The number of aliphatic hydroxyl groups is 2. The van der Waals surface area contributed by atoms with Crippen LogP contribution in [0.1, 0.15) is 103 Å². The largest absolute Gasteiger partial charge is 4.00 e. The van der Waals surface area contributed by atoms with Crippen molar-refractivity contribution in [2.45, 2.75) is 115 Å².